The number of hydrogen-bond donors (Lipinski definition) is 1. The van der Waals surface area contributed by atoms with Gasteiger partial charge < -0.3 is 14.7 Å². The molecular formula is C31H43NO3. The van der Waals surface area contributed by atoms with Crippen LogP contribution < -0.4 is 9.64 Å². The predicted molar refractivity (Wildman–Crippen MR) is 143 cm³/mol. The number of fused-ring (bicyclic) bond motifs is 3. The molecule has 0 spiro atoms. The van der Waals surface area contributed by atoms with Gasteiger partial charge in [-0.25, -0.2) is 0 Å². The molecule has 0 radical (unpaired) electrons. The molecule has 2 aromatic rings. The molecular weight excluding hydrogens is 434 g/mol. The molecule has 3 saturated carbocycles. The van der Waals surface area contributed by atoms with Gasteiger partial charge in [0, 0.05) is 30.2 Å². The Morgan fingerprint density at radius 3 is 2.29 bits per heavy atom. The highest BCUT2D eigenvalue weighted by Crippen LogP contribution is 2.57. The summed E-state index contributed by atoms with van der Waals surface area (Å²) in [6.07, 6.45) is 10.4. The summed E-state index contributed by atoms with van der Waals surface area (Å²) in [6.45, 7) is 6.70. The Morgan fingerprint density at radius 1 is 1.00 bits per heavy atom. The lowest BCUT2D eigenvalue weighted by Gasteiger charge is -2.52. The average molecular weight is 479 g/mol. The molecule has 0 aliphatic heterocycles. The molecule has 0 amide bonds. The first kappa shape index (κ1) is 24.2. The molecule has 2 bridgehead atoms. The average Bonchev–Trinajstić information content (AvgIpc) is 2.87. The van der Waals surface area contributed by atoms with Crippen molar-refractivity contribution in [1.29, 1.82) is 0 Å². The van der Waals surface area contributed by atoms with Gasteiger partial charge in [0.05, 0.1) is 7.98 Å². The highest BCUT2D eigenvalue weighted by molar-refractivity contribution is 5.66. The van der Waals surface area contributed by atoms with Gasteiger partial charge in [-0.05, 0) is 106 Å². The minimum absolute atomic E-state index is 0.158. The Labute approximate surface area is 213 Å². The zero-order chi connectivity index (χ0) is 25.8. The number of unbranched alkanes of at least 4 members (excludes halogenated alkanes) is 2. The number of ether oxygens (including phenoxy) is 1. The van der Waals surface area contributed by atoms with Gasteiger partial charge in [0.15, 0.2) is 0 Å². The monoisotopic (exact) mass is 478 g/mol. The number of carboxylic acid groups (broad SMARTS) is 1. The number of benzene rings is 2. The van der Waals surface area contributed by atoms with Crippen LogP contribution >= 0.6 is 0 Å². The van der Waals surface area contributed by atoms with Crippen molar-refractivity contribution >= 4 is 11.7 Å². The molecule has 0 saturated heterocycles. The molecule has 5 rings (SSSR count). The molecule has 4 nitrogen and oxygen atoms in total. The first-order valence-corrected chi connectivity index (χ1v) is 13.5. The summed E-state index contributed by atoms with van der Waals surface area (Å²) in [5.41, 5.74) is 4.33. The van der Waals surface area contributed by atoms with Gasteiger partial charge in [0.2, 0.25) is 0 Å². The van der Waals surface area contributed by atoms with Gasteiger partial charge in [0.25, 0.3) is 0 Å². The normalized spacial score (nSPS) is 24.7. The van der Waals surface area contributed by atoms with Crippen molar-refractivity contribution in [2.45, 2.75) is 103 Å². The van der Waals surface area contributed by atoms with Gasteiger partial charge in [-0.1, -0.05) is 37.3 Å². The fourth-order valence-corrected chi connectivity index (χ4v) is 5.92. The number of hydrogen-bond acceptors (Lipinski definition) is 3. The van der Waals surface area contributed by atoms with Crippen LogP contribution in [0, 0.1) is 5.41 Å². The second kappa shape index (κ2) is 11.1. The van der Waals surface area contributed by atoms with E-state index in [0.717, 1.165) is 29.8 Å². The van der Waals surface area contributed by atoms with Gasteiger partial charge in [-0.15, -0.1) is 0 Å². The summed E-state index contributed by atoms with van der Waals surface area (Å²) in [5, 5.41) is 8.80. The van der Waals surface area contributed by atoms with Crippen LogP contribution in [0.3, 0.4) is 0 Å². The first-order chi connectivity index (χ1) is 17.2. The molecule has 0 aromatic heterocycles. The number of nitrogens with zero attached hydrogens (tertiary/aromatic N) is 1. The molecule has 1 unspecified atom stereocenters. The van der Waals surface area contributed by atoms with Crippen molar-refractivity contribution in [1.82, 2.24) is 0 Å². The molecule has 1 N–H and O–H groups in total. The smallest absolute Gasteiger partial charge is 0.303 e. The number of rotatable bonds is 12. The quantitative estimate of drug-likeness (QED) is 0.317. The van der Waals surface area contributed by atoms with Crippen LogP contribution in [0.1, 0.15) is 97.5 Å². The lowest BCUT2D eigenvalue weighted by Crippen LogP contribution is -2.42. The maximum Gasteiger partial charge on any atom is 0.303 e. The van der Waals surface area contributed by atoms with Crippen molar-refractivity contribution in [3.8, 4) is 5.75 Å². The maximum atomic E-state index is 10.7. The Balaban J connectivity index is 1.45. The third-order valence-corrected chi connectivity index (χ3v) is 8.45. The topological polar surface area (TPSA) is 49.8 Å². The fraction of sp³-hybridized carbons (Fsp3) is 0.581. The summed E-state index contributed by atoms with van der Waals surface area (Å²) in [5.74, 6) is -0.00964. The van der Waals surface area contributed by atoms with Crippen molar-refractivity contribution in [2.24, 2.45) is 5.41 Å². The van der Waals surface area contributed by atoms with Crippen LogP contribution in [-0.2, 0) is 16.7 Å². The number of carbonyl (C=O) groups is 1. The van der Waals surface area contributed by atoms with E-state index in [-0.39, 0.29) is 12.5 Å². The van der Waals surface area contributed by atoms with E-state index in [1.807, 2.05) is 24.3 Å². The zero-order valence-electron chi connectivity index (χ0n) is 22.8. The second-order valence-electron chi connectivity index (χ2n) is 11.4. The van der Waals surface area contributed by atoms with Crippen LogP contribution in [0.4, 0.5) is 5.69 Å². The lowest BCUT2D eigenvalue weighted by atomic mass is 9.52. The zero-order valence-corrected chi connectivity index (χ0v) is 21.8. The standard InChI is InChI=1S/C31H43NO3/c1-24(2)32(23-25-9-6-7-10-28(25)35-22-8-4-5-11-29(33)34)27-14-12-26(13-15-27)31-19-16-30(3,17-20-31)18-21-31/h6-7,9-10,12-15,24H,4-5,8,11,16-23H2,1-3H3,(H,33,34)/i23D. The van der Waals surface area contributed by atoms with Gasteiger partial charge >= 0.3 is 5.97 Å². The molecule has 190 valence electrons. The molecule has 35 heavy (non-hydrogen) atoms. The van der Waals surface area contributed by atoms with Crippen LogP contribution in [0.5, 0.6) is 5.75 Å². The van der Waals surface area contributed by atoms with Crippen molar-refractivity contribution in [3.63, 3.8) is 0 Å². The number of para-hydroxylation sites is 1. The summed E-state index contributed by atoms with van der Waals surface area (Å²) in [6, 6.07) is 17.1. The van der Waals surface area contributed by atoms with Gasteiger partial charge in [-0.3, -0.25) is 4.79 Å². The Kier molecular flexibility index (Phi) is 7.65. The van der Waals surface area contributed by atoms with Crippen LogP contribution in [0.2, 0.25) is 0 Å². The van der Waals surface area contributed by atoms with E-state index in [4.69, 9.17) is 9.84 Å². The third kappa shape index (κ3) is 6.20. The summed E-state index contributed by atoms with van der Waals surface area (Å²) in [4.78, 5) is 12.9. The minimum Gasteiger partial charge on any atom is -0.493 e. The predicted octanol–water partition coefficient (Wildman–Crippen LogP) is 7.74. The van der Waals surface area contributed by atoms with Crippen molar-refractivity contribution < 1.29 is 16.0 Å². The Hall–Kier alpha value is -2.49. The van der Waals surface area contributed by atoms with Crippen molar-refractivity contribution in [3.05, 3.63) is 59.7 Å². The summed E-state index contributed by atoms with van der Waals surface area (Å²) in [7, 11) is 0. The minimum atomic E-state index is -0.750. The molecule has 2 aromatic carbocycles. The summed E-state index contributed by atoms with van der Waals surface area (Å²) >= 11 is 0. The van der Waals surface area contributed by atoms with E-state index < -0.39 is 12.5 Å². The number of carboxylic acids is 1. The van der Waals surface area contributed by atoms with E-state index in [0.29, 0.717) is 23.9 Å². The molecule has 1 atom stereocenters. The Morgan fingerprint density at radius 2 is 1.66 bits per heavy atom. The van der Waals surface area contributed by atoms with E-state index in [1.54, 1.807) is 0 Å². The largest absolute Gasteiger partial charge is 0.493 e. The van der Waals surface area contributed by atoms with E-state index in [1.165, 1.54) is 44.1 Å². The van der Waals surface area contributed by atoms with E-state index in [2.05, 4.69) is 49.9 Å². The van der Waals surface area contributed by atoms with E-state index in [9.17, 15) is 6.17 Å². The molecule has 0 heterocycles. The SMILES string of the molecule is [2H]C(c1ccccc1OCCCCCC(=O)O)N(c1ccc(C23CCC(C)(CC2)CC3)cc1)C(C)C. The first-order valence-electron chi connectivity index (χ1n) is 14.1. The van der Waals surface area contributed by atoms with Crippen molar-refractivity contribution in [2.75, 3.05) is 11.5 Å². The lowest BCUT2D eigenvalue weighted by molar-refractivity contribution is -0.137. The summed E-state index contributed by atoms with van der Waals surface area (Å²) < 4.78 is 15.3. The molecule has 4 heteroatoms. The Bertz CT molecular complexity index is 994. The maximum absolute atomic E-state index is 10.7. The molecule has 3 fully saturated rings. The van der Waals surface area contributed by atoms with Crippen LogP contribution in [-0.4, -0.2) is 23.7 Å². The molecule has 3 aliphatic rings. The fourth-order valence-electron chi connectivity index (χ4n) is 5.92. The second-order valence-corrected chi connectivity index (χ2v) is 11.4. The third-order valence-electron chi connectivity index (χ3n) is 8.45. The highest BCUT2D eigenvalue weighted by Gasteiger charge is 2.46. The molecule has 3 aliphatic carbocycles. The highest BCUT2D eigenvalue weighted by atomic mass is 16.5. The van der Waals surface area contributed by atoms with Gasteiger partial charge in [-0.2, -0.15) is 0 Å². The van der Waals surface area contributed by atoms with Gasteiger partial charge in [0.1, 0.15) is 5.75 Å². The number of anilines is 1. The van der Waals surface area contributed by atoms with Crippen LogP contribution in [0.25, 0.3) is 0 Å². The van der Waals surface area contributed by atoms with Crippen LogP contribution in [0.15, 0.2) is 48.5 Å². The number of aliphatic carboxylic acids is 1. The van der Waals surface area contributed by atoms with E-state index >= 15 is 0 Å².